The highest BCUT2D eigenvalue weighted by molar-refractivity contribution is 5.85. The topological polar surface area (TPSA) is 49.3 Å². The van der Waals surface area contributed by atoms with Crippen molar-refractivity contribution >= 4 is 18.4 Å². The van der Waals surface area contributed by atoms with Crippen LogP contribution >= 0.6 is 12.4 Å². The second-order valence-corrected chi connectivity index (χ2v) is 4.76. The molecule has 0 unspecified atom stereocenters. The van der Waals surface area contributed by atoms with Gasteiger partial charge in [-0.2, -0.15) is 0 Å². The first-order valence-corrected chi connectivity index (χ1v) is 6.25. The van der Waals surface area contributed by atoms with Crippen LogP contribution in [-0.2, 0) is 11.2 Å². The molecule has 4 heteroatoms. The number of hydrogen-bond donors (Lipinski definition) is 2. The van der Waals surface area contributed by atoms with Gasteiger partial charge >= 0.3 is 5.97 Å². The molecule has 0 radical (unpaired) electrons. The Labute approximate surface area is 114 Å². The second kappa shape index (κ2) is 6.76. The number of halogens is 1. The van der Waals surface area contributed by atoms with Gasteiger partial charge in [0.15, 0.2) is 0 Å². The van der Waals surface area contributed by atoms with E-state index in [9.17, 15) is 9.90 Å². The maximum absolute atomic E-state index is 11.3. The Balaban J connectivity index is 0.00000162. The van der Waals surface area contributed by atoms with Gasteiger partial charge in [-0.25, -0.2) is 0 Å². The lowest BCUT2D eigenvalue weighted by molar-refractivity contribution is -0.144. The van der Waals surface area contributed by atoms with E-state index in [1.165, 1.54) is 5.56 Å². The van der Waals surface area contributed by atoms with Crippen molar-refractivity contribution in [3.8, 4) is 0 Å². The third-order valence-corrected chi connectivity index (χ3v) is 3.56. The van der Waals surface area contributed by atoms with Crippen LogP contribution in [-0.4, -0.2) is 23.2 Å². The molecule has 0 aliphatic carbocycles. The molecule has 2 rings (SSSR count). The zero-order valence-corrected chi connectivity index (χ0v) is 11.2. The monoisotopic (exact) mass is 269 g/mol. The van der Waals surface area contributed by atoms with Gasteiger partial charge in [0.2, 0.25) is 0 Å². The van der Waals surface area contributed by atoms with E-state index >= 15 is 0 Å². The van der Waals surface area contributed by atoms with E-state index < -0.39 is 11.5 Å². The zero-order valence-electron chi connectivity index (χ0n) is 10.4. The number of hydrogen-bond acceptors (Lipinski definition) is 2. The Morgan fingerprint density at radius 2 is 2.06 bits per heavy atom. The first kappa shape index (κ1) is 15.0. The average Bonchev–Trinajstić information content (AvgIpc) is 2.80. The first-order valence-electron chi connectivity index (χ1n) is 6.25. The van der Waals surface area contributed by atoms with Crippen LogP contribution in [0.15, 0.2) is 30.3 Å². The minimum absolute atomic E-state index is 0. The van der Waals surface area contributed by atoms with Gasteiger partial charge in [0.05, 0.1) is 0 Å². The highest BCUT2D eigenvalue weighted by Crippen LogP contribution is 2.25. The predicted octanol–water partition coefficient (Wildman–Crippen LogP) is 2.64. The van der Waals surface area contributed by atoms with Gasteiger partial charge in [-0.1, -0.05) is 30.3 Å². The molecule has 1 heterocycles. The molecule has 18 heavy (non-hydrogen) atoms. The van der Waals surface area contributed by atoms with Crippen LogP contribution in [0.5, 0.6) is 0 Å². The van der Waals surface area contributed by atoms with Crippen molar-refractivity contribution in [1.82, 2.24) is 5.32 Å². The van der Waals surface area contributed by atoms with Crippen molar-refractivity contribution < 1.29 is 9.90 Å². The molecule has 1 aromatic carbocycles. The zero-order chi connectivity index (χ0) is 12.1. The van der Waals surface area contributed by atoms with Crippen LogP contribution in [0.2, 0.25) is 0 Å². The Kier molecular flexibility index (Phi) is 5.63. The highest BCUT2D eigenvalue weighted by atomic mass is 35.5. The van der Waals surface area contributed by atoms with Crippen molar-refractivity contribution in [3.63, 3.8) is 0 Å². The van der Waals surface area contributed by atoms with Crippen LogP contribution < -0.4 is 5.32 Å². The molecule has 3 nitrogen and oxygen atoms in total. The molecule has 0 spiro atoms. The molecule has 0 bridgehead atoms. The summed E-state index contributed by atoms with van der Waals surface area (Å²) in [5.41, 5.74) is 0.625. The molecule has 1 aromatic rings. The van der Waals surface area contributed by atoms with Crippen molar-refractivity contribution in [1.29, 1.82) is 0 Å². The van der Waals surface area contributed by atoms with E-state index in [1.807, 2.05) is 18.2 Å². The number of aliphatic carboxylic acids is 1. The SMILES string of the molecule is Cl.O=C(O)[C@@]1(CCCc2ccccc2)CCCN1. The quantitative estimate of drug-likeness (QED) is 0.864. The van der Waals surface area contributed by atoms with Gasteiger partial charge in [0.1, 0.15) is 5.54 Å². The third kappa shape index (κ3) is 3.47. The second-order valence-electron chi connectivity index (χ2n) is 4.76. The molecule has 0 aromatic heterocycles. The summed E-state index contributed by atoms with van der Waals surface area (Å²) in [5, 5.41) is 12.5. The van der Waals surface area contributed by atoms with E-state index in [4.69, 9.17) is 0 Å². The average molecular weight is 270 g/mol. The molecule has 100 valence electrons. The van der Waals surface area contributed by atoms with Crippen LogP contribution in [0.25, 0.3) is 0 Å². The molecular weight excluding hydrogens is 250 g/mol. The number of nitrogens with one attached hydrogen (secondary N) is 1. The first-order chi connectivity index (χ1) is 8.23. The Morgan fingerprint density at radius 3 is 2.61 bits per heavy atom. The Hall–Kier alpha value is -1.06. The lowest BCUT2D eigenvalue weighted by Crippen LogP contribution is -2.47. The van der Waals surface area contributed by atoms with Crippen LogP contribution in [0, 0.1) is 0 Å². The minimum atomic E-state index is -0.692. The molecular formula is C14H20ClNO2. The summed E-state index contributed by atoms with van der Waals surface area (Å²) in [6.45, 7) is 0.831. The smallest absolute Gasteiger partial charge is 0.323 e. The largest absolute Gasteiger partial charge is 0.480 e. The summed E-state index contributed by atoms with van der Waals surface area (Å²) in [4.78, 5) is 11.3. The summed E-state index contributed by atoms with van der Waals surface area (Å²) in [6.07, 6.45) is 4.33. The fourth-order valence-corrected chi connectivity index (χ4v) is 2.55. The van der Waals surface area contributed by atoms with E-state index in [0.717, 1.165) is 38.6 Å². The van der Waals surface area contributed by atoms with Gasteiger partial charge in [0, 0.05) is 0 Å². The normalized spacial score (nSPS) is 22.4. The van der Waals surface area contributed by atoms with Crippen LogP contribution in [0.4, 0.5) is 0 Å². The van der Waals surface area contributed by atoms with Crippen molar-refractivity contribution in [3.05, 3.63) is 35.9 Å². The van der Waals surface area contributed by atoms with E-state index in [2.05, 4.69) is 17.4 Å². The lowest BCUT2D eigenvalue weighted by atomic mass is 9.90. The van der Waals surface area contributed by atoms with Crippen LogP contribution in [0.1, 0.15) is 31.2 Å². The maximum atomic E-state index is 11.3. The summed E-state index contributed by atoms with van der Waals surface area (Å²) in [7, 11) is 0. The Bertz CT molecular complexity index is 375. The number of aryl methyl sites for hydroxylation is 1. The van der Waals surface area contributed by atoms with E-state index in [1.54, 1.807) is 0 Å². The number of carboxylic acids is 1. The number of benzene rings is 1. The van der Waals surface area contributed by atoms with Crippen molar-refractivity contribution in [2.45, 2.75) is 37.6 Å². The molecule has 1 atom stereocenters. The van der Waals surface area contributed by atoms with Crippen LogP contribution in [0.3, 0.4) is 0 Å². The number of carbonyl (C=O) groups is 1. The van der Waals surface area contributed by atoms with Crippen molar-refractivity contribution in [2.75, 3.05) is 6.54 Å². The van der Waals surface area contributed by atoms with E-state index in [0.29, 0.717) is 0 Å². The fraction of sp³-hybridized carbons (Fsp3) is 0.500. The number of carboxylic acid groups (broad SMARTS) is 1. The molecule has 0 amide bonds. The molecule has 1 aliphatic heterocycles. The van der Waals surface area contributed by atoms with Gasteiger partial charge in [-0.3, -0.25) is 4.79 Å². The predicted molar refractivity (Wildman–Crippen MR) is 74.2 cm³/mol. The maximum Gasteiger partial charge on any atom is 0.323 e. The minimum Gasteiger partial charge on any atom is -0.480 e. The lowest BCUT2D eigenvalue weighted by Gasteiger charge is -2.24. The summed E-state index contributed by atoms with van der Waals surface area (Å²) in [6, 6.07) is 10.2. The third-order valence-electron chi connectivity index (χ3n) is 3.56. The molecule has 1 fully saturated rings. The molecule has 0 saturated carbocycles. The van der Waals surface area contributed by atoms with Gasteiger partial charge in [0.25, 0.3) is 0 Å². The highest BCUT2D eigenvalue weighted by Gasteiger charge is 2.40. The Morgan fingerprint density at radius 1 is 1.33 bits per heavy atom. The van der Waals surface area contributed by atoms with Gasteiger partial charge < -0.3 is 10.4 Å². The molecule has 1 saturated heterocycles. The van der Waals surface area contributed by atoms with Crippen molar-refractivity contribution in [2.24, 2.45) is 0 Å². The van der Waals surface area contributed by atoms with E-state index in [-0.39, 0.29) is 12.4 Å². The van der Waals surface area contributed by atoms with Gasteiger partial charge in [-0.15, -0.1) is 12.4 Å². The molecule has 2 N–H and O–H groups in total. The standard InChI is InChI=1S/C14H19NO2.ClH/c16-13(17)14(10-5-11-15-14)9-4-8-12-6-2-1-3-7-12;/h1-3,6-7,15H,4-5,8-11H2,(H,16,17);1H/t14-;/m1./s1. The molecule has 1 aliphatic rings. The fourth-order valence-electron chi connectivity index (χ4n) is 2.55. The van der Waals surface area contributed by atoms with Gasteiger partial charge in [-0.05, 0) is 44.2 Å². The number of rotatable bonds is 5. The summed E-state index contributed by atoms with van der Waals surface area (Å²) < 4.78 is 0. The summed E-state index contributed by atoms with van der Waals surface area (Å²) >= 11 is 0. The summed E-state index contributed by atoms with van der Waals surface area (Å²) in [5.74, 6) is -0.692.